The Morgan fingerprint density at radius 2 is 1.29 bits per heavy atom. The Bertz CT molecular complexity index is 1930. The van der Waals surface area contributed by atoms with Gasteiger partial charge < -0.3 is 38.6 Å². The number of aromatic nitrogens is 1. The first kappa shape index (κ1) is 51.0. The fourth-order valence-corrected chi connectivity index (χ4v) is 7.90. The Kier molecular flexibility index (Phi) is 22.1. The molecule has 3 amide bonds. The number of H-pyrrole nitrogens is 1. The number of rotatable bonds is 31. The van der Waals surface area contributed by atoms with E-state index in [4.69, 9.17) is 22.9 Å². The van der Waals surface area contributed by atoms with Gasteiger partial charge in [-0.3, -0.25) is 33.8 Å². The molecule has 0 unspecified atom stereocenters. The number of benzene rings is 2. The second kappa shape index (κ2) is 26.9. The minimum absolute atomic E-state index is 0.000129. The van der Waals surface area contributed by atoms with E-state index in [1.165, 1.54) is 0 Å². The van der Waals surface area contributed by atoms with Gasteiger partial charge in [-0.05, 0) is 68.2 Å². The molecule has 62 heavy (non-hydrogen) atoms. The van der Waals surface area contributed by atoms with Crippen LogP contribution in [0.3, 0.4) is 0 Å². The van der Waals surface area contributed by atoms with Crippen LogP contribution in [0.2, 0.25) is 0 Å². The van der Waals surface area contributed by atoms with E-state index in [0.717, 1.165) is 28.5 Å². The highest BCUT2D eigenvalue weighted by molar-refractivity contribution is 5.97. The second-order valence-corrected chi connectivity index (χ2v) is 17.0. The number of amides is 3. The molecule has 11 N–H and O–H groups in total. The predicted octanol–water partition coefficient (Wildman–Crippen LogP) is 5.19. The largest absolute Gasteiger partial charge is 0.370 e. The van der Waals surface area contributed by atoms with E-state index in [9.17, 15) is 28.8 Å². The number of para-hydroxylation sites is 1. The van der Waals surface area contributed by atoms with Gasteiger partial charge in [0, 0.05) is 73.0 Å². The van der Waals surface area contributed by atoms with E-state index in [-0.39, 0.29) is 67.2 Å². The number of nitrogens with zero attached hydrogens (tertiary/aromatic N) is 1. The van der Waals surface area contributed by atoms with Gasteiger partial charge in [0.05, 0.1) is 12.1 Å². The summed E-state index contributed by atoms with van der Waals surface area (Å²) in [5, 5.41) is 6.92. The average molecular weight is 857 g/mol. The molecule has 14 heteroatoms. The number of nitrogens with one attached hydrogen (secondary N) is 3. The maximum absolute atomic E-state index is 14.6. The highest BCUT2D eigenvalue weighted by Gasteiger charge is 2.34. The lowest BCUT2D eigenvalue weighted by atomic mass is 9.84. The van der Waals surface area contributed by atoms with Crippen LogP contribution >= 0.6 is 0 Å². The van der Waals surface area contributed by atoms with Crippen LogP contribution in [0.15, 0.2) is 65.8 Å². The fourth-order valence-electron chi connectivity index (χ4n) is 7.90. The zero-order valence-electron chi connectivity index (χ0n) is 37.3. The van der Waals surface area contributed by atoms with Crippen molar-refractivity contribution in [2.45, 2.75) is 130 Å². The van der Waals surface area contributed by atoms with E-state index in [0.29, 0.717) is 64.5 Å². The molecule has 0 saturated carbocycles. The number of nitrogens with two attached hydrogens (primary N) is 4. The summed E-state index contributed by atoms with van der Waals surface area (Å²) >= 11 is 0. The number of hydrogen-bond donors (Lipinski definition) is 7. The molecular formula is C48H72N8O6. The molecule has 0 bridgehead atoms. The first-order valence-electron chi connectivity index (χ1n) is 22.5. The van der Waals surface area contributed by atoms with Crippen molar-refractivity contribution in [3.63, 3.8) is 0 Å². The average Bonchev–Trinajstić information content (AvgIpc) is 3.66. The molecule has 1 heterocycles. The van der Waals surface area contributed by atoms with Crippen molar-refractivity contribution in [2.75, 3.05) is 13.1 Å². The number of fused-ring (bicyclic) bond motifs is 1. The maximum atomic E-state index is 14.6. The van der Waals surface area contributed by atoms with Gasteiger partial charge in [-0.2, -0.15) is 0 Å². The molecule has 0 aliphatic rings. The van der Waals surface area contributed by atoms with Crippen molar-refractivity contribution >= 4 is 51.9 Å². The molecule has 0 radical (unpaired) electrons. The number of Topliss-reactive ketones (excluding diaryl/α,β-unsaturated/α-hetero) is 3. The maximum Gasteiger partial charge on any atom is 0.224 e. The lowest BCUT2D eigenvalue weighted by Gasteiger charge is -2.26. The van der Waals surface area contributed by atoms with Gasteiger partial charge in [-0.1, -0.05) is 102 Å². The van der Waals surface area contributed by atoms with Crippen LogP contribution in [0, 0.1) is 29.6 Å². The van der Waals surface area contributed by atoms with Crippen LogP contribution in [-0.4, -0.2) is 71.2 Å². The Labute approximate surface area is 367 Å². The summed E-state index contributed by atoms with van der Waals surface area (Å²) in [4.78, 5) is 90.4. The van der Waals surface area contributed by atoms with Gasteiger partial charge in [-0.15, -0.1) is 0 Å². The number of aromatic amines is 1. The molecule has 0 aliphatic carbocycles. The Hall–Kier alpha value is -5.37. The summed E-state index contributed by atoms with van der Waals surface area (Å²) in [6.07, 6.45) is 7.18. The summed E-state index contributed by atoms with van der Waals surface area (Å²) in [7, 11) is 0. The van der Waals surface area contributed by atoms with Crippen molar-refractivity contribution < 1.29 is 28.8 Å². The number of carbonyl (C=O) groups excluding carboxylic acids is 6. The minimum atomic E-state index is -1.02. The number of unbranched alkanes of at least 4 members (excludes halogenated alkanes) is 2. The van der Waals surface area contributed by atoms with Gasteiger partial charge in [0.2, 0.25) is 17.7 Å². The van der Waals surface area contributed by atoms with Crippen LogP contribution in [0.25, 0.3) is 10.9 Å². The van der Waals surface area contributed by atoms with Crippen molar-refractivity contribution in [2.24, 2.45) is 57.5 Å². The third-order valence-corrected chi connectivity index (χ3v) is 12.1. The van der Waals surface area contributed by atoms with Crippen LogP contribution in [0.1, 0.15) is 116 Å². The fraction of sp³-hybridized carbons (Fsp3) is 0.562. The third-order valence-electron chi connectivity index (χ3n) is 12.1. The Balaban J connectivity index is 1.93. The van der Waals surface area contributed by atoms with Crippen molar-refractivity contribution in [3.8, 4) is 0 Å². The third kappa shape index (κ3) is 16.8. The molecule has 1 aromatic heterocycles. The summed E-state index contributed by atoms with van der Waals surface area (Å²) in [6.45, 7) is 8.47. The van der Waals surface area contributed by atoms with Crippen LogP contribution < -0.4 is 33.6 Å². The van der Waals surface area contributed by atoms with Crippen molar-refractivity contribution in [3.05, 3.63) is 71.9 Å². The molecule has 0 saturated heterocycles. The number of aliphatic imine (C=N–C) groups is 1. The van der Waals surface area contributed by atoms with Crippen molar-refractivity contribution in [1.82, 2.24) is 15.6 Å². The Morgan fingerprint density at radius 3 is 1.90 bits per heavy atom. The summed E-state index contributed by atoms with van der Waals surface area (Å²) < 4.78 is 0. The number of hydrogen-bond acceptors (Lipinski definition) is 8. The molecule has 2 aromatic carbocycles. The second-order valence-electron chi connectivity index (χ2n) is 17.0. The summed E-state index contributed by atoms with van der Waals surface area (Å²) in [6, 6.07) is 15.0. The molecule has 0 spiro atoms. The molecule has 0 aliphatic heterocycles. The number of carbonyl (C=O) groups is 6. The first-order valence-corrected chi connectivity index (χ1v) is 22.5. The van der Waals surface area contributed by atoms with Crippen LogP contribution in [0.5, 0.6) is 0 Å². The lowest BCUT2D eigenvalue weighted by Crippen LogP contribution is -2.49. The monoisotopic (exact) mass is 857 g/mol. The molecule has 3 rings (SSSR count). The van der Waals surface area contributed by atoms with E-state index < -0.39 is 47.6 Å². The van der Waals surface area contributed by atoms with Gasteiger partial charge >= 0.3 is 0 Å². The summed E-state index contributed by atoms with van der Waals surface area (Å²) in [5.41, 5.74) is 25.0. The molecule has 7 atom stereocenters. The van der Waals surface area contributed by atoms with E-state index in [1.54, 1.807) is 0 Å². The molecule has 14 nitrogen and oxygen atoms in total. The normalized spacial score (nSPS) is 14.7. The SMILES string of the molecule is CCCC[C@H](CC(=O)[C@H](Cc1c[nH]c2ccccc12)NC(=O)[C@H](CCCCN)CC(=O)[C@@H](C)CCCN=C(N)N)C(=O)N[C@@H](Cc1ccccc1)C(=O)C[C@H](C(N)=O)[C@@H](C)CC. The zero-order valence-corrected chi connectivity index (χ0v) is 37.3. The molecule has 3 aromatic rings. The lowest BCUT2D eigenvalue weighted by molar-refractivity contribution is -0.135. The van der Waals surface area contributed by atoms with E-state index >= 15 is 0 Å². The van der Waals surface area contributed by atoms with Gasteiger partial charge in [-0.25, -0.2) is 0 Å². The number of guanidine groups is 1. The van der Waals surface area contributed by atoms with Crippen LogP contribution in [-0.2, 0) is 41.6 Å². The van der Waals surface area contributed by atoms with E-state index in [1.807, 2.05) is 88.5 Å². The minimum Gasteiger partial charge on any atom is -0.370 e. The zero-order chi connectivity index (χ0) is 45.6. The highest BCUT2D eigenvalue weighted by atomic mass is 16.2. The first-order chi connectivity index (χ1) is 29.7. The summed E-state index contributed by atoms with van der Waals surface area (Å²) in [5.74, 6) is -4.80. The topological polar surface area (TPSA) is 259 Å². The number of primary amides is 1. The standard InChI is InChI=1S/C48H72N8O6/c1-5-7-19-34(46(61)55-40(25-33-17-9-8-10-18-33)44(59)29-38(45(50)60)31(3)6-2)28-43(58)41(26-36-30-54-39-22-12-11-21-37(36)39)56-47(62)35(20-13-14-23-49)27-42(57)32(4)16-15-24-53-48(51)52/h8-12,17-18,21-22,30-32,34-35,38,40-41,54H,5-7,13-16,19-20,23-29,49H2,1-4H3,(H2,50,60)(H,55,61)(H,56,62)(H4,51,52,53)/t31-,32-,34+,35+,38-,40-,41-/m0/s1. The highest BCUT2D eigenvalue weighted by Crippen LogP contribution is 2.25. The van der Waals surface area contributed by atoms with Crippen LogP contribution in [0.4, 0.5) is 0 Å². The smallest absolute Gasteiger partial charge is 0.224 e. The molecular weight excluding hydrogens is 785 g/mol. The van der Waals surface area contributed by atoms with E-state index in [2.05, 4.69) is 20.6 Å². The van der Waals surface area contributed by atoms with Gasteiger partial charge in [0.25, 0.3) is 0 Å². The van der Waals surface area contributed by atoms with Gasteiger partial charge in [0.1, 0.15) is 5.78 Å². The Morgan fingerprint density at radius 1 is 0.694 bits per heavy atom. The quantitative estimate of drug-likeness (QED) is 0.0255. The molecule has 340 valence electrons. The predicted molar refractivity (Wildman–Crippen MR) is 246 cm³/mol. The van der Waals surface area contributed by atoms with Gasteiger partial charge in [0.15, 0.2) is 17.5 Å². The number of ketones is 3. The molecule has 0 fully saturated rings. The van der Waals surface area contributed by atoms with Crippen molar-refractivity contribution in [1.29, 1.82) is 0 Å².